The number of nitrogens with zero attached hydrogens (tertiary/aromatic N) is 6. The molecular weight excluding hydrogens is 857 g/mol. The molecule has 0 spiro atoms. The van der Waals surface area contributed by atoms with E-state index in [1.54, 1.807) is 0 Å². The second-order valence-corrected chi connectivity index (χ2v) is 18.8. The molecule has 0 aliphatic carbocycles. The minimum Gasteiger partial charge on any atom is -0.281 e. The number of carbonyl (C=O) groups is 1. The molecule has 9 aromatic rings. The lowest BCUT2D eigenvalue weighted by Crippen LogP contribution is -2.16. The molecule has 0 fully saturated rings. The summed E-state index contributed by atoms with van der Waals surface area (Å²) in [5.41, 5.74) is 20.7. The first-order valence-corrected chi connectivity index (χ1v) is 23.7. The minimum absolute atomic E-state index is 0.0749. The maximum Gasteiger partial charge on any atom is 0.267 e. The summed E-state index contributed by atoms with van der Waals surface area (Å²) in [5.74, 6) is 0.733. The molecular formula is C63H56N6O. The fourth-order valence-electron chi connectivity index (χ4n) is 9.33. The highest BCUT2D eigenvalue weighted by molar-refractivity contribution is 6.04. The number of ketones is 1. The van der Waals surface area contributed by atoms with Gasteiger partial charge in [0.1, 0.15) is 0 Å². The molecule has 70 heavy (non-hydrogen) atoms. The third-order valence-electron chi connectivity index (χ3n) is 12.3. The first-order valence-electron chi connectivity index (χ1n) is 23.7. The van der Waals surface area contributed by atoms with E-state index in [9.17, 15) is 0 Å². The van der Waals surface area contributed by atoms with Gasteiger partial charge in [0.15, 0.2) is 23.3 Å². The standard InChI is InChI=1S/C63H56N6O/c1-11-46(53-25-37(2)21-38(3)26-53)33-45(10)58-64-59(50-18-12-15-47(34-50)54-27-39(4)22-40(5)28-54)67-62(65-58)57(70)63-68-60(51-19-13-16-48(35-51)55-29-41(6)23-42(7)30-55)66-61(69-63)52-20-14-17-49(36-52)56-31-43(8)24-44(9)32-56/h11-36H,1-10H3. The molecule has 9 rings (SSSR count). The molecule has 7 aromatic carbocycles. The number of benzene rings is 7. The van der Waals surface area contributed by atoms with Gasteiger partial charge in [0.2, 0.25) is 11.6 Å². The van der Waals surface area contributed by atoms with Crippen molar-refractivity contribution in [2.45, 2.75) is 69.2 Å². The summed E-state index contributed by atoms with van der Waals surface area (Å²) in [7, 11) is 0. The zero-order chi connectivity index (χ0) is 49.2. The van der Waals surface area contributed by atoms with E-state index >= 15 is 4.79 Å². The summed E-state index contributed by atoms with van der Waals surface area (Å²) in [6, 6.07) is 50.4. The number of aryl methyl sites for hydroxylation is 8. The molecule has 0 unspecified atom stereocenters. The van der Waals surface area contributed by atoms with Crippen LogP contribution < -0.4 is 0 Å². The van der Waals surface area contributed by atoms with E-state index in [-0.39, 0.29) is 11.6 Å². The predicted octanol–water partition coefficient (Wildman–Crippen LogP) is 15.3. The number of hydrogen-bond donors (Lipinski definition) is 0. The van der Waals surface area contributed by atoms with E-state index in [1.807, 2.05) is 50.2 Å². The normalized spacial score (nSPS) is 11.8. The molecule has 344 valence electrons. The third kappa shape index (κ3) is 10.5. The van der Waals surface area contributed by atoms with Crippen LogP contribution in [0.1, 0.15) is 86.2 Å². The molecule has 0 saturated carbocycles. The first kappa shape index (κ1) is 46.8. The van der Waals surface area contributed by atoms with Crippen LogP contribution in [0.2, 0.25) is 0 Å². The fraction of sp³-hybridized carbons (Fsp3) is 0.159. The number of rotatable bonds is 11. The van der Waals surface area contributed by atoms with Crippen LogP contribution in [0.4, 0.5) is 0 Å². The summed E-state index contributed by atoms with van der Waals surface area (Å²) in [5, 5.41) is 0. The van der Waals surface area contributed by atoms with Gasteiger partial charge in [-0.3, -0.25) is 4.79 Å². The van der Waals surface area contributed by atoms with E-state index < -0.39 is 5.78 Å². The van der Waals surface area contributed by atoms with Crippen molar-refractivity contribution in [1.82, 2.24) is 29.9 Å². The maximum atomic E-state index is 15.3. The van der Waals surface area contributed by atoms with Crippen molar-refractivity contribution < 1.29 is 4.79 Å². The molecule has 0 bridgehead atoms. The van der Waals surface area contributed by atoms with Crippen LogP contribution in [-0.2, 0) is 0 Å². The maximum absolute atomic E-state index is 15.3. The van der Waals surface area contributed by atoms with E-state index in [1.165, 1.54) is 44.5 Å². The lowest BCUT2D eigenvalue weighted by atomic mass is 9.98. The molecule has 0 N–H and O–H groups in total. The SMILES string of the molecule is CC=C(C=C(C)c1nc(C(=O)c2nc(-c3cccc(-c4cc(C)cc(C)c4)c3)nc(-c3cccc(-c4cc(C)cc(C)c4)c3)n2)nc(-c2cccc(-c3cc(C)cc(C)c3)c2)n1)c1cc(C)cc(C)c1. The third-order valence-corrected chi connectivity index (χ3v) is 12.3. The van der Waals surface area contributed by atoms with Gasteiger partial charge in [-0.1, -0.05) is 178 Å². The van der Waals surface area contributed by atoms with Gasteiger partial charge in [-0.15, -0.1) is 0 Å². The van der Waals surface area contributed by atoms with Crippen LogP contribution in [-0.4, -0.2) is 35.7 Å². The number of aromatic nitrogens is 6. The molecule has 7 heteroatoms. The number of allylic oxidation sites excluding steroid dienone is 4. The Balaban J connectivity index is 1.22. The lowest BCUT2D eigenvalue weighted by Gasteiger charge is -2.12. The summed E-state index contributed by atoms with van der Waals surface area (Å²) in [6.45, 7) is 20.8. The zero-order valence-corrected chi connectivity index (χ0v) is 41.6. The minimum atomic E-state index is -0.551. The quantitative estimate of drug-likeness (QED) is 0.0942. The van der Waals surface area contributed by atoms with Gasteiger partial charge in [0.25, 0.3) is 5.78 Å². The average Bonchev–Trinajstić information content (AvgIpc) is 3.34. The van der Waals surface area contributed by atoms with Crippen molar-refractivity contribution in [3.05, 3.63) is 225 Å². The molecule has 0 aliphatic rings. The summed E-state index contributed by atoms with van der Waals surface area (Å²) in [4.78, 5) is 45.2. The monoisotopic (exact) mass is 912 g/mol. The van der Waals surface area contributed by atoms with Crippen molar-refractivity contribution in [1.29, 1.82) is 0 Å². The van der Waals surface area contributed by atoms with E-state index in [0.29, 0.717) is 23.3 Å². The van der Waals surface area contributed by atoms with Crippen molar-refractivity contribution in [3.63, 3.8) is 0 Å². The number of carbonyl (C=O) groups excluding carboxylic acids is 1. The Morgan fingerprint density at radius 2 is 0.671 bits per heavy atom. The fourth-order valence-corrected chi connectivity index (χ4v) is 9.33. The van der Waals surface area contributed by atoms with Gasteiger partial charge in [0.05, 0.1) is 0 Å². The second kappa shape index (κ2) is 19.7. The van der Waals surface area contributed by atoms with Crippen LogP contribution >= 0.6 is 0 Å². The predicted molar refractivity (Wildman–Crippen MR) is 287 cm³/mol. The van der Waals surface area contributed by atoms with Crippen molar-refractivity contribution in [2.75, 3.05) is 0 Å². The van der Waals surface area contributed by atoms with Crippen LogP contribution in [0.25, 0.3) is 78.7 Å². The van der Waals surface area contributed by atoms with Gasteiger partial charge in [-0.2, -0.15) is 0 Å². The highest BCUT2D eigenvalue weighted by Crippen LogP contribution is 2.32. The molecule has 0 amide bonds. The summed E-state index contributed by atoms with van der Waals surface area (Å²) < 4.78 is 0. The smallest absolute Gasteiger partial charge is 0.267 e. The lowest BCUT2D eigenvalue weighted by molar-refractivity contribution is 0.101. The van der Waals surface area contributed by atoms with Crippen LogP contribution in [0.5, 0.6) is 0 Å². The Morgan fingerprint density at radius 1 is 0.357 bits per heavy atom. The Hall–Kier alpha value is -8.29. The summed E-state index contributed by atoms with van der Waals surface area (Å²) in [6.07, 6.45) is 4.15. The largest absolute Gasteiger partial charge is 0.281 e. The molecule has 2 aromatic heterocycles. The Morgan fingerprint density at radius 3 is 1.04 bits per heavy atom. The summed E-state index contributed by atoms with van der Waals surface area (Å²) >= 11 is 0. The van der Waals surface area contributed by atoms with Gasteiger partial charge >= 0.3 is 0 Å². The molecule has 2 heterocycles. The van der Waals surface area contributed by atoms with Gasteiger partial charge in [0, 0.05) is 16.7 Å². The van der Waals surface area contributed by atoms with Crippen molar-refractivity contribution in [2.24, 2.45) is 0 Å². The van der Waals surface area contributed by atoms with Gasteiger partial charge in [-0.05, 0) is 144 Å². The highest BCUT2D eigenvalue weighted by Gasteiger charge is 2.24. The first-order chi connectivity index (χ1) is 33.6. The average molecular weight is 913 g/mol. The van der Waals surface area contributed by atoms with E-state index in [0.717, 1.165) is 66.8 Å². The molecule has 0 aliphatic heterocycles. The van der Waals surface area contributed by atoms with Crippen molar-refractivity contribution >= 4 is 16.9 Å². The molecule has 0 radical (unpaired) electrons. The Kier molecular flexibility index (Phi) is 13.2. The van der Waals surface area contributed by atoms with Gasteiger partial charge < -0.3 is 0 Å². The Labute approximate surface area is 411 Å². The second-order valence-electron chi connectivity index (χ2n) is 18.8. The molecule has 0 atom stereocenters. The van der Waals surface area contributed by atoms with Crippen LogP contribution in [0, 0.1) is 55.4 Å². The van der Waals surface area contributed by atoms with Gasteiger partial charge in [-0.25, -0.2) is 29.9 Å². The van der Waals surface area contributed by atoms with Crippen LogP contribution in [0.15, 0.2) is 158 Å². The number of hydrogen-bond acceptors (Lipinski definition) is 7. The highest BCUT2D eigenvalue weighted by atomic mass is 16.1. The van der Waals surface area contributed by atoms with Crippen LogP contribution in [0.3, 0.4) is 0 Å². The molecule has 0 saturated heterocycles. The topological polar surface area (TPSA) is 94.4 Å². The van der Waals surface area contributed by atoms with E-state index in [4.69, 9.17) is 29.9 Å². The zero-order valence-electron chi connectivity index (χ0n) is 41.6. The van der Waals surface area contributed by atoms with E-state index in [2.05, 4.69) is 177 Å². The molecule has 7 nitrogen and oxygen atoms in total. The Bertz CT molecular complexity index is 3390. The van der Waals surface area contributed by atoms with Crippen molar-refractivity contribution in [3.8, 4) is 67.5 Å².